The van der Waals surface area contributed by atoms with Crippen LogP contribution in [0, 0.1) is 0 Å². The zero-order valence-corrected chi connectivity index (χ0v) is 19.1. The molecule has 0 bridgehead atoms. The second kappa shape index (κ2) is 8.90. The molecule has 1 aliphatic rings. The van der Waals surface area contributed by atoms with Crippen LogP contribution >= 0.6 is 35.4 Å². The van der Waals surface area contributed by atoms with Crippen LogP contribution in [0.15, 0.2) is 83.7 Å². The van der Waals surface area contributed by atoms with E-state index in [0.717, 1.165) is 22.6 Å². The number of hydrogen-bond acceptors (Lipinski definition) is 4. The maximum absolute atomic E-state index is 6.43. The molecule has 1 saturated heterocycles. The lowest BCUT2D eigenvalue weighted by Gasteiger charge is -2.26. The number of rotatable bonds is 5. The summed E-state index contributed by atoms with van der Waals surface area (Å²) < 4.78 is 6.33. The molecule has 160 valence electrons. The van der Waals surface area contributed by atoms with Crippen molar-refractivity contribution >= 4 is 40.5 Å². The summed E-state index contributed by atoms with van der Waals surface area (Å²) in [4.78, 5) is 10.8. The fourth-order valence-electron chi connectivity index (χ4n) is 3.92. The molecule has 32 heavy (non-hydrogen) atoms. The molecule has 1 fully saturated rings. The first-order chi connectivity index (χ1) is 15.6. The highest BCUT2D eigenvalue weighted by atomic mass is 35.5. The van der Waals surface area contributed by atoms with Crippen LogP contribution in [0.1, 0.15) is 29.1 Å². The van der Waals surface area contributed by atoms with E-state index in [1.807, 2.05) is 54.6 Å². The molecule has 0 unspecified atom stereocenters. The van der Waals surface area contributed by atoms with Gasteiger partial charge in [0.1, 0.15) is 17.6 Å². The third-order valence-corrected chi connectivity index (χ3v) is 6.61. The van der Waals surface area contributed by atoms with Gasteiger partial charge in [0.05, 0.1) is 21.8 Å². The van der Waals surface area contributed by atoms with Crippen molar-refractivity contribution in [3.8, 4) is 11.3 Å². The topological polar surface area (TPSA) is 54.2 Å². The highest BCUT2D eigenvalue weighted by Crippen LogP contribution is 2.42. The lowest BCUT2D eigenvalue weighted by atomic mass is 10.0. The first-order valence-electron chi connectivity index (χ1n) is 10.0. The number of halogens is 2. The average Bonchev–Trinajstić information content (AvgIpc) is 3.42. The summed E-state index contributed by atoms with van der Waals surface area (Å²) in [7, 11) is 0. The van der Waals surface area contributed by atoms with E-state index in [9.17, 15) is 0 Å². The highest BCUT2D eigenvalue weighted by Gasteiger charge is 2.41. The zero-order chi connectivity index (χ0) is 22.1. The minimum atomic E-state index is -0.197. The van der Waals surface area contributed by atoms with E-state index in [0.29, 0.717) is 27.5 Å². The quantitative estimate of drug-likeness (QED) is 0.342. The molecule has 2 atom stereocenters. The Kier molecular flexibility index (Phi) is 5.83. The molecular formula is C24H18Cl2N4OS. The van der Waals surface area contributed by atoms with Gasteiger partial charge in [-0.1, -0.05) is 35.3 Å². The van der Waals surface area contributed by atoms with Crippen molar-refractivity contribution < 1.29 is 4.42 Å². The molecule has 5 rings (SSSR count). The summed E-state index contributed by atoms with van der Waals surface area (Å²) in [6.07, 6.45) is 5.33. The maximum Gasteiger partial charge on any atom is 0.170 e. The molecule has 0 radical (unpaired) electrons. The summed E-state index contributed by atoms with van der Waals surface area (Å²) in [5.41, 5.74) is 2.73. The monoisotopic (exact) mass is 480 g/mol. The van der Waals surface area contributed by atoms with Crippen molar-refractivity contribution in [3.05, 3.63) is 106 Å². The van der Waals surface area contributed by atoms with Crippen LogP contribution in [0.2, 0.25) is 10.0 Å². The third-order valence-electron chi connectivity index (χ3n) is 5.44. The van der Waals surface area contributed by atoms with Gasteiger partial charge < -0.3 is 14.6 Å². The van der Waals surface area contributed by atoms with E-state index in [-0.39, 0.29) is 12.1 Å². The van der Waals surface area contributed by atoms with E-state index >= 15 is 0 Å². The number of nitrogens with zero attached hydrogens (tertiary/aromatic N) is 3. The molecule has 1 aromatic carbocycles. The average molecular weight is 481 g/mol. The van der Waals surface area contributed by atoms with Crippen LogP contribution in [-0.2, 0) is 6.54 Å². The van der Waals surface area contributed by atoms with Gasteiger partial charge in [0, 0.05) is 30.7 Å². The Morgan fingerprint density at radius 2 is 1.81 bits per heavy atom. The van der Waals surface area contributed by atoms with E-state index in [2.05, 4.69) is 20.2 Å². The summed E-state index contributed by atoms with van der Waals surface area (Å²) in [5, 5.41) is 5.02. The Bertz CT molecular complexity index is 1250. The predicted molar refractivity (Wildman–Crippen MR) is 129 cm³/mol. The molecule has 3 aromatic heterocycles. The molecule has 0 saturated carbocycles. The normalized spacial score (nSPS) is 18.1. The molecule has 5 nitrogen and oxygen atoms in total. The van der Waals surface area contributed by atoms with Crippen LogP contribution in [-0.4, -0.2) is 20.0 Å². The van der Waals surface area contributed by atoms with Crippen LogP contribution < -0.4 is 5.32 Å². The van der Waals surface area contributed by atoms with Gasteiger partial charge in [-0.15, -0.1) is 0 Å². The minimum absolute atomic E-state index is 0.167. The van der Waals surface area contributed by atoms with Gasteiger partial charge in [0.15, 0.2) is 5.11 Å². The SMILES string of the molecule is S=C1N[C@@H](c2ccccn2)[C@H](c2ccc(-c3cccc(Cl)c3Cl)o2)N1Cc1ccncc1. The molecule has 1 N–H and O–H groups in total. The summed E-state index contributed by atoms with van der Waals surface area (Å²) in [6, 6.07) is 18.8. The van der Waals surface area contributed by atoms with Crippen LogP contribution in [0.25, 0.3) is 11.3 Å². The standard InChI is InChI=1S/C24H18Cl2N4OS/c25-17-5-3-4-16(21(17)26)19-7-8-20(31-19)23-22(18-6-1-2-11-28-18)29-24(32)30(23)14-15-9-12-27-13-10-15/h1-13,22-23H,14H2,(H,29,32)/t22-,23-/m0/s1. The third kappa shape index (κ3) is 3.97. The maximum atomic E-state index is 6.43. The number of thiocarbonyl (C=S) groups is 1. The van der Waals surface area contributed by atoms with E-state index in [1.54, 1.807) is 24.7 Å². The fourth-order valence-corrected chi connectivity index (χ4v) is 4.62. The smallest absolute Gasteiger partial charge is 0.170 e. The number of aromatic nitrogens is 2. The van der Waals surface area contributed by atoms with Gasteiger partial charge in [-0.05, 0) is 66.3 Å². The molecule has 1 aliphatic heterocycles. The van der Waals surface area contributed by atoms with Crippen molar-refractivity contribution in [2.75, 3.05) is 0 Å². The number of nitrogens with one attached hydrogen (secondary N) is 1. The van der Waals surface area contributed by atoms with Gasteiger partial charge in [-0.3, -0.25) is 9.97 Å². The summed E-state index contributed by atoms with van der Waals surface area (Å²) in [6.45, 7) is 0.607. The van der Waals surface area contributed by atoms with Crippen molar-refractivity contribution in [1.82, 2.24) is 20.2 Å². The molecule has 4 aromatic rings. The van der Waals surface area contributed by atoms with Crippen LogP contribution in [0.5, 0.6) is 0 Å². The second-order valence-electron chi connectivity index (χ2n) is 7.41. The molecule has 0 amide bonds. The molecule has 8 heteroatoms. The van der Waals surface area contributed by atoms with Crippen molar-refractivity contribution in [2.45, 2.75) is 18.6 Å². The Labute approximate surface area is 201 Å². The van der Waals surface area contributed by atoms with Crippen molar-refractivity contribution in [2.24, 2.45) is 0 Å². The van der Waals surface area contributed by atoms with Crippen molar-refractivity contribution in [1.29, 1.82) is 0 Å². The number of benzene rings is 1. The van der Waals surface area contributed by atoms with Gasteiger partial charge in [0.2, 0.25) is 0 Å². The van der Waals surface area contributed by atoms with Gasteiger partial charge in [-0.25, -0.2) is 0 Å². The second-order valence-corrected chi connectivity index (χ2v) is 8.59. The summed E-state index contributed by atoms with van der Waals surface area (Å²) in [5.74, 6) is 1.40. The first kappa shape index (κ1) is 20.9. The summed E-state index contributed by atoms with van der Waals surface area (Å²) >= 11 is 18.4. The highest BCUT2D eigenvalue weighted by molar-refractivity contribution is 7.80. The van der Waals surface area contributed by atoms with E-state index in [1.165, 1.54) is 0 Å². The van der Waals surface area contributed by atoms with Gasteiger partial charge in [0.25, 0.3) is 0 Å². The Morgan fingerprint density at radius 3 is 2.59 bits per heavy atom. The van der Waals surface area contributed by atoms with Crippen molar-refractivity contribution in [3.63, 3.8) is 0 Å². The van der Waals surface area contributed by atoms with E-state index in [4.69, 9.17) is 39.8 Å². The Morgan fingerprint density at radius 1 is 0.969 bits per heavy atom. The lowest BCUT2D eigenvalue weighted by molar-refractivity contribution is 0.269. The van der Waals surface area contributed by atoms with Crippen LogP contribution in [0.4, 0.5) is 0 Å². The first-order valence-corrected chi connectivity index (χ1v) is 11.2. The zero-order valence-electron chi connectivity index (χ0n) is 16.8. The largest absolute Gasteiger partial charge is 0.459 e. The molecular weight excluding hydrogens is 463 g/mol. The number of pyridine rings is 2. The predicted octanol–water partition coefficient (Wildman–Crippen LogP) is 6.22. The number of furan rings is 1. The molecule has 0 spiro atoms. The fraction of sp³-hybridized carbons (Fsp3) is 0.125. The Balaban J connectivity index is 1.56. The van der Waals surface area contributed by atoms with Crippen LogP contribution in [0.3, 0.4) is 0 Å². The van der Waals surface area contributed by atoms with Gasteiger partial charge in [-0.2, -0.15) is 0 Å². The van der Waals surface area contributed by atoms with Gasteiger partial charge >= 0.3 is 0 Å². The molecule has 0 aliphatic carbocycles. The lowest BCUT2D eigenvalue weighted by Crippen LogP contribution is -2.29. The minimum Gasteiger partial charge on any atom is -0.459 e. The Hall–Kier alpha value is -2.93. The number of hydrogen-bond donors (Lipinski definition) is 1. The van der Waals surface area contributed by atoms with E-state index < -0.39 is 0 Å². The molecule has 4 heterocycles.